The van der Waals surface area contributed by atoms with Crippen molar-refractivity contribution in [1.29, 1.82) is 0 Å². The monoisotopic (exact) mass is 407 g/mol. The van der Waals surface area contributed by atoms with Crippen molar-refractivity contribution in [1.82, 2.24) is 0 Å². The highest BCUT2D eigenvalue weighted by Crippen LogP contribution is 2.16. The summed E-state index contributed by atoms with van der Waals surface area (Å²) in [7, 11) is 0. The number of halogens is 1. The molecule has 4 N–H and O–H groups in total. The number of rotatable bonds is 9. The molecular weight excluding hydrogens is 389 g/mol. The maximum Gasteiger partial charge on any atom is 0.320 e. The molecule has 0 aliphatic carbocycles. The molecule has 21 heavy (non-hydrogen) atoms. The zero-order chi connectivity index (χ0) is 15.8. The Labute approximate surface area is 136 Å². The molecule has 0 bridgehead atoms. The Morgan fingerprint density at radius 3 is 2.33 bits per heavy atom. The van der Waals surface area contributed by atoms with Gasteiger partial charge >= 0.3 is 11.9 Å². The summed E-state index contributed by atoms with van der Waals surface area (Å²) < 4.78 is 6.60. The number of carboxylic acids is 2. The minimum absolute atomic E-state index is 0.0752. The fourth-order valence-electron chi connectivity index (χ4n) is 1.80. The second kappa shape index (κ2) is 8.83. The highest BCUT2D eigenvalue weighted by molar-refractivity contribution is 14.1. The highest BCUT2D eigenvalue weighted by atomic mass is 127. The zero-order valence-corrected chi connectivity index (χ0v) is 13.5. The van der Waals surface area contributed by atoms with Crippen LogP contribution in [-0.2, 0) is 9.59 Å². The van der Waals surface area contributed by atoms with Crippen molar-refractivity contribution in [3.63, 3.8) is 0 Å². The second-order valence-electron chi connectivity index (χ2n) is 4.66. The minimum Gasteiger partial charge on any atom is -0.494 e. The summed E-state index contributed by atoms with van der Waals surface area (Å²) in [5, 5.41) is 17.8. The van der Waals surface area contributed by atoms with Gasteiger partial charge in [-0.1, -0.05) is 0 Å². The summed E-state index contributed by atoms with van der Waals surface area (Å²) in [5.41, 5.74) is 5.37. The van der Waals surface area contributed by atoms with E-state index in [9.17, 15) is 9.59 Å². The van der Waals surface area contributed by atoms with Crippen LogP contribution in [0.3, 0.4) is 0 Å². The summed E-state index contributed by atoms with van der Waals surface area (Å²) in [4.78, 5) is 21.7. The van der Waals surface area contributed by atoms with E-state index in [0.29, 0.717) is 19.4 Å². The van der Waals surface area contributed by atoms with Gasteiger partial charge in [-0.05, 0) is 66.1 Å². The number of carboxylic acid groups (broad SMARTS) is 2. The third kappa shape index (κ3) is 6.76. The van der Waals surface area contributed by atoms with Gasteiger partial charge in [-0.15, -0.1) is 0 Å². The van der Waals surface area contributed by atoms with Crippen LogP contribution >= 0.6 is 22.6 Å². The molecule has 2 atom stereocenters. The number of ether oxygens (including phenoxy) is 1. The molecule has 0 aromatic heterocycles. The molecule has 0 aliphatic heterocycles. The van der Waals surface area contributed by atoms with E-state index in [-0.39, 0.29) is 6.42 Å². The number of carbonyl (C=O) groups is 2. The molecule has 1 unspecified atom stereocenters. The van der Waals surface area contributed by atoms with Gasteiger partial charge in [0.1, 0.15) is 11.8 Å². The Morgan fingerprint density at radius 1 is 1.19 bits per heavy atom. The van der Waals surface area contributed by atoms with Crippen LogP contribution in [0, 0.1) is 9.49 Å². The maximum absolute atomic E-state index is 11.1. The quantitative estimate of drug-likeness (QED) is 0.427. The van der Waals surface area contributed by atoms with Crippen LogP contribution in [0.25, 0.3) is 0 Å². The first-order chi connectivity index (χ1) is 9.90. The van der Waals surface area contributed by atoms with Gasteiger partial charge in [0.05, 0.1) is 12.5 Å². The largest absolute Gasteiger partial charge is 0.494 e. The molecule has 0 fully saturated rings. The zero-order valence-electron chi connectivity index (χ0n) is 11.4. The van der Waals surface area contributed by atoms with Crippen molar-refractivity contribution in [3.8, 4) is 5.75 Å². The molecule has 0 aliphatic rings. The smallest absolute Gasteiger partial charge is 0.320 e. The lowest BCUT2D eigenvalue weighted by atomic mass is 9.95. The lowest BCUT2D eigenvalue weighted by Crippen LogP contribution is -2.34. The van der Waals surface area contributed by atoms with E-state index in [1.54, 1.807) is 0 Å². The van der Waals surface area contributed by atoms with E-state index < -0.39 is 23.9 Å². The molecule has 1 aromatic rings. The van der Waals surface area contributed by atoms with Crippen LogP contribution in [0.5, 0.6) is 5.75 Å². The summed E-state index contributed by atoms with van der Waals surface area (Å²) in [6.07, 6.45) is 0.782. The standard InChI is InChI=1S/C14H18INO5/c15-10-3-5-11(6-4-10)21-7-1-2-9(13(17)18)8-12(16)14(19)20/h3-6,9,12H,1-2,7-8,16H2,(H,17,18)(H,19,20)/t9-,12?/m0/s1. The van der Waals surface area contributed by atoms with Crippen molar-refractivity contribution in [2.45, 2.75) is 25.3 Å². The third-order valence-corrected chi connectivity index (χ3v) is 3.70. The molecule has 0 radical (unpaired) electrons. The van der Waals surface area contributed by atoms with Crippen LogP contribution in [0.15, 0.2) is 24.3 Å². The lowest BCUT2D eigenvalue weighted by molar-refractivity contribution is -0.143. The molecule has 1 rings (SSSR count). The minimum atomic E-state index is -1.18. The first-order valence-electron chi connectivity index (χ1n) is 6.49. The Hall–Kier alpha value is -1.35. The Kier molecular flexibility index (Phi) is 7.44. The number of nitrogens with two attached hydrogens (primary N) is 1. The highest BCUT2D eigenvalue weighted by Gasteiger charge is 2.23. The predicted octanol–water partition coefficient (Wildman–Crippen LogP) is 1.95. The van der Waals surface area contributed by atoms with Crippen LogP contribution in [-0.4, -0.2) is 34.8 Å². The normalized spacial score (nSPS) is 13.4. The summed E-state index contributed by atoms with van der Waals surface area (Å²) >= 11 is 2.19. The van der Waals surface area contributed by atoms with Crippen LogP contribution in [0.4, 0.5) is 0 Å². The molecule has 0 saturated carbocycles. The van der Waals surface area contributed by atoms with Crippen LogP contribution in [0.1, 0.15) is 19.3 Å². The third-order valence-electron chi connectivity index (χ3n) is 2.98. The fourth-order valence-corrected chi connectivity index (χ4v) is 2.16. The van der Waals surface area contributed by atoms with Gasteiger partial charge < -0.3 is 20.7 Å². The van der Waals surface area contributed by atoms with Gasteiger partial charge in [0.25, 0.3) is 0 Å². The van der Waals surface area contributed by atoms with E-state index in [4.69, 9.17) is 20.7 Å². The van der Waals surface area contributed by atoms with E-state index in [2.05, 4.69) is 22.6 Å². The molecule has 116 valence electrons. The van der Waals surface area contributed by atoms with Crippen molar-refractivity contribution in [2.24, 2.45) is 11.7 Å². The van der Waals surface area contributed by atoms with Gasteiger partial charge in [0, 0.05) is 3.57 Å². The number of benzene rings is 1. The average Bonchev–Trinajstić information content (AvgIpc) is 2.43. The lowest BCUT2D eigenvalue weighted by Gasteiger charge is -2.15. The second-order valence-corrected chi connectivity index (χ2v) is 5.91. The van der Waals surface area contributed by atoms with E-state index in [1.807, 2.05) is 24.3 Å². The van der Waals surface area contributed by atoms with E-state index in [1.165, 1.54) is 0 Å². The van der Waals surface area contributed by atoms with Gasteiger partial charge in [-0.3, -0.25) is 9.59 Å². The Bertz CT molecular complexity index is 477. The number of aliphatic carboxylic acids is 2. The molecule has 6 nitrogen and oxygen atoms in total. The number of hydrogen-bond donors (Lipinski definition) is 3. The van der Waals surface area contributed by atoms with Crippen molar-refractivity contribution in [3.05, 3.63) is 27.8 Å². The fraction of sp³-hybridized carbons (Fsp3) is 0.429. The SMILES string of the molecule is NC(C[C@H](CCCOc1ccc(I)cc1)C(=O)O)C(=O)O. The summed E-state index contributed by atoms with van der Waals surface area (Å²) in [6.45, 7) is 0.382. The molecule has 1 aromatic carbocycles. The van der Waals surface area contributed by atoms with Gasteiger partial charge in [-0.2, -0.15) is 0 Å². The predicted molar refractivity (Wildman–Crippen MR) is 85.2 cm³/mol. The Morgan fingerprint density at radius 2 is 1.81 bits per heavy atom. The van der Waals surface area contributed by atoms with Gasteiger partial charge in [0.15, 0.2) is 0 Å². The molecule has 7 heteroatoms. The molecule has 0 spiro atoms. The van der Waals surface area contributed by atoms with Crippen molar-refractivity contribution in [2.75, 3.05) is 6.61 Å². The number of hydrogen-bond acceptors (Lipinski definition) is 4. The van der Waals surface area contributed by atoms with Gasteiger partial charge in [-0.25, -0.2) is 0 Å². The Balaban J connectivity index is 2.35. The van der Waals surface area contributed by atoms with E-state index in [0.717, 1.165) is 9.32 Å². The van der Waals surface area contributed by atoms with Crippen molar-refractivity contribution < 1.29 is 24.5 Å². The van der Waals surface area contributed by atoms with E-state index >= 15 is 0 Å². The first-order valence-corrected chi connectivity index (χ1v) is 7.57. The first kappa shape index (κ1) is 17.7. The average molecular weight is 407 g/mol. The molecule has 0 saturated heterocycles. The topological polar surface area (TPSA) is 110 Å². The molecule has 0 amide bonds. The summed E-state index contributed by atoms with van der Waals surface area (Å²) in [6, 6.07) is 6.38. The van der Waals surface area contributed by atoms with Crippen LogP contribution in [0.2, 0.25) is 0 Å². The summed E-state index contributed by atoms with van der Waals surface area (Å²) in [5.74, 6) is -2.25. The molecule has 0 heterocycles. The van der Waals surface area contributed by atoms with Crippen molar-refractivity contribution >= 4 is 34.5 Å². The maximum atomic E-state index is 11.1. The molecular formula is C14H18INO5. The van der Waals surface area contributed by atoms with Gasteiger partial charge in [0.2, 0.25) is 0 Å². The van der Waals surface area contributed by atoms with Crippen LogP contribution < -0.4 is 10.5 Å².